The molecule has 2 aromatic heterocycles. The van der Waals surface area contributed by atoms with E-state index in [1.807, 2.05) is 6.92 Å². The Hall–Kier alpha value is -2.16. The molecule has 3 rings (SSSR count). The monoisotopic (exact) mass is 357 g/mol. The summed E-state index contributed by atoms with van der Waals surface area (Å²) >= 11 is 1.33. The molecule has 1 aliphatic heterocycles. The normalized spacial score (nSPS) is 15.3. The number of likely N-dealkylation sites (tertiary alicyclic amines) is 1. The van der Waals surface area contributed by atoms with Crippen molar-refractivity contribution in [1.29, 1.82) is 0 Å². The molecule has 1 amide bonds. The fourth-order valence-corrected chi connectivity index (χ4v) is 3.26. The summed E-state index contributed by atoms with van der Waals surface area (Å²) < 4.78 is 43.4. The van der Waals surface area contributed by atoms with E-state index in [0.29, 0.717) is 23.7 Å². The van der Waals surface area contributed by atoms with Gasteiger partial charge in [0.25, 0.3) is 5.91 Å². The lowest BCUT2D eigenvalue weighted by Crippen LogP contribution is -2.56. The first kappa shape index (κ1) is 16.7. The lowest BCUT2D eigenvalue weighted by molar-refractivity contribution is -0.137. The lowest BCUT2D eigenvalue weighted by Gasteiger charge is -2.38. The average molecular weight is 357 g/mol. The zero-order valence-corrected chi connectivity index (χ0v) is 13.7. The second-order valence-electron chi connectivity index (χ2n) is 5.48. The van der Waals surface area contributed by atoms with Gasteiger partial charge in [-0.1, -0.05) is 0 Å². The molecule has 128 valence electrons. The molecule has 1 aliphatic rings. The van der Waals surface area contributed by atoms with Crippen LogP contribution in [0.25, 0.3) is 0 Å². The molecule has 0 saturated carbocycles. The van der Waals surface area contributed by atoms with E-state index in [1.165, 1.54) is 11.3 Å². The van der Waals surface area contributed by atoms with E-state index in [-0.39, 0.29) is 17.9 Å². The molecule has 0 N–H and O–H groups in total. The van der Waals surface area contributed by atoms with Crippen LogP contribution in [0.1, 0.15) is 25.9 Å². The molecule has 0 radical (unpaired) electrons. The molecule has 3 heterocycles. The third-order valence-electron chi connectivity index (χ3n) is 3.58. The minimum atomic E-state index is -4.44. The van der Waals surface area contributed by atoms with Crippen molar-refractivity contribution in [1.82, 2.24) is 14.9 Å². The predicted molar refractivity (Wildman–Crippen MR) is 81.1 cm³/mol. The van der Waals surface area contributed by atoms with Crippen LogP contribution in [0.3, 0.4) is 0 Å². The van der Waals surface area contributed by atoms with Crippen LogP contribution in [0.4, 0.5) is 13.2 Å². The van der Waals surface area contributed by atoms with Gasteiger partial charge in [0.15, 0.2) is 0 Å². The molecule has 0 aliphatic carbocycles. The van der Waals surface area contributed by atoms with E-state index in [1.54, 1.807) is 11.8 Å². The fourth-order valence-electron chi connectivity index (χ4n) is 2.37. The number of ether oxygens (including phenoxy) is 1. The van der Waals surface area contributed by atoms with E-state index in [2.05, 4.69) is 9.97 Å². The first-order chi connectivity index (χ1) is 11.2. The van der Waals surface area contributed by atoms with Gasteiger partial charge >= 0.3 is 6.18 Å². The maximum Gasteiger partial charge on any atom is 0.416 e. The Morgan fingerprint density at radius 1 is 1.38 bits per heavy atom. The van der Waals surface area contributed by atoms with Crippen molar-refractivity contribution in [3.8, 4) is 5.88 Å². The van der Waals surface area contributed by atoms with Crippen LogP contribution in [-0.2, 0) is 6.18 Å². The molecule has 1 fully saturated rings. The highest BCUT2D eigenvalue weighted by Gasteiger charge is 2.35. The molecule has 9 heteroatoms. The van der Waals surface area contributed by atoms with Gasteiger partial charge in [-0.3, -0.25) is 4.79 Å². The summed E-state index contributed by atoms with van der Waals surface area (Å²) in [5.41, 5.74) is -0.123. The Balaban J connectivity index is 1.60. The Bertz CT molecular complexity index is 770. The number of rotatable bonds is 3. The maximum atomic E-state index is 12.7. The second kappa shape index (κ2) is 6.04. The molecule has 5 nitrogen and oxygen atoms in total. The smallest absolute Gasteiger partial charge is 0.416 e. The number of carbonyl (C=O) groups excluding carboxylic acids is 1. The van der Waals surface area contributed by atoms with Gasteiger partial charge in [-0.15, -0.1) is 11.3 Å². The topological polar surface area (TPSA) is 55.3 Å². The van der Waals surface area contributed by atoms with Crippen molar-refractivity contribution in [2.45, 2.75) is 26.1 Å². The predicted octanol–water partition coefficient (Wildman–Crippen LogP) is 3.08. The molecular formula is C15H14F3N3O2S. The number of thiazole rings is 1. The van der Waals surface area contributed by atoms with E-state index in [9.17, 15) is 18.0 Å². The largest absolute Gasteiger partial charge is 0.471 e. The van der Waals surface area contributed by atoms with E-state index in [4.69, 9.17) is 4.74 Å². The van der Waals surface area contributed by atoms with Crippen molar-refractivity contribution >= 4 is 17.2 Å². The lowest BCUT2D eigenvalue weighted by atomic mass is 10.1. The van der Waals surface area contributed by atoms with Gasteiger partial charge in [-0.2, -0.15) is 13.2 Å². The van der Waals surface area contributed by atoms with Crippen molar-refractivity contribution in [3.63, 3.8) is 0 Å². The van der Waals surface area contributed by atoms with E-state index in [0.717, 1.165) is 23.3 Å². The summed E-state index contributed by atoms with van der Waals surface area (Å²) in [5, 5.41) is 0.817. The molecule has 1 saturated heterocycles. The quantitative estimate of drug-likeness (QED) is 0.847. The number of hydrogen-bond donors (Lipinski definition) is 0. The molecule has 2 aromatic rings. The van der Waals surface area contributed by atoms with E-state index >= 15 is 0 Å². The van der Waals surface area contributed by atoms with Crippen molar-refractivity contribution < 1.29 is 22.7 Å². The summed E-state index contributed by atoms with van der Waals surface area (Å²) in [4.78, 5) is 22.5. The Morgan fingerprint density at radius 2 is 2.08 bits per heavy atom. The van der Waals surface area contributed by atoms with Crippen LogP contribution in [0.15, 0.2) is 18.3 Å². The van der Waals surface area contributed by atoms with Crippen molar-refractivity contribution in [2.24, 2.45) is 0 Å². The van der Waals surface area contributed by atoms with Gasteiger partial charge in [0.1, 0.15) is 11.0 Å². The highest BCUT2D eigenvalue weighted by molar-refractivity contribution is 7.13. The molecular weight excluding hydrogens is 343 g/mol. The highest BCUT2D eigenvalue weighted by atomic mass is 32.1. The zero-order chi connectivity index (χ0) is 17.5. The minimum absolute atomic E-state index is 0.0910. The molecule has 0 spiro atoms. The summed E-state index contributed by atoms with van der Waals surface area (Å²) in [6.07, 6.45) is -3.74. The van der Waals surface area contributed by atoms with Gasteiger partial charge in [-0.05, 0) is 19.9 Å². The van der Waals surface area contributed by atoms with Crippen LogP contribution < -0.4 is 4.74 Å². The molecule has 24 heavy (non-hydrogen) atoms. The third kappa shape index (κ3) is 3.35. The van der Waals surface area contributed by atoms with Crippen molar-refractivity contribution in [2.75, 3.05) is 13.1 Å². The average Bonchev–Trinajstić information content (AvgIpc) is 2.80. The van der Waals surface area contributed by atoms with Crippen LogP contribution in [0.2, 0.25) is 0 Å². The van der Waals surface area contributed by atoms with Crippen molar-refractivity contribution in [3.05, 3.63) is 39.5 Å². The molecule has 0 unspecified atom stereocenters. The Morgan fingerprint density at radius 3 is 2.67 bits per heavy atom. The number of nitrogens with zero attached hydrogens (tertiary/aromatic N) is 3. The van der Waals surface area contributed by atoms with Crippen LogP contribution in [0.5, 0.6) is 5.88 Å². The van der Waals surface area contributed by atoms with Gasteiger partial charge in [0.05, 0.1) is 29.4 Å². The standard InChI is InChI=1S/C15H14F3N3O2S/c1-8-13(24-9(2)20-8)14(22)21-6-11(7-21)23-12-5-10(3-4-19-12)15(16,17)18/h3-5,11H,6-7H2,1-2H3. The Kier molecular flexibility index (Phi) is 4.20. The summed E-state index contributed by atoms with van der Waals surface area (Å²) in [5.74, 6) is -0.221. The highest BCUT2D eigenvalue weighted by Crippen LogP contribution is 2.31. The number of carbonyl (C=O) groups is 1. The second-order valence-corrected chi connectivity index (χ2v) is 6.68. The molecule has 0 bridgehead atoms. The summed E-state index contributed by atoms with van der Waals surface area (Å²) in [7, 11) is 0. The summed E-state index contributed by atoms with van der Waals surface area (Å²) in [6.45, 7) is 4.23. The molecule has 0 atom stereocenters. The number of aryl methyl sites for hydroxylation is 2. The first-order valence-corrected chi connectivity index (χ1v) is 7.99. The summed E-state index contributed by atoms with van der Waals surface area (Å²) in [6, 6.07) is 1.75. The van der Waals surface area contributed by atoms with Gasteiger partial charge in [0, 0.05) is 12.3 Å². The fraction of sp³-hybridized carbons (Fsp3) is 0.400. The zero-order valence-electron chi connectivity index (χ0n) is 12.9. The van der Waals surface area contributed by atoms with Crippen LogP contribution in [-0.4, -0.2) is 40.0 Å². The number of alkyl halides is 3. The Labute approximate surface area is 140 Å². The molecule has 0 aromatic carbocycles. The number of halogens is 3. The maximum absolute atomic E-state index is 12.7. The van der Waals surface area contributed by atoms with E-state index < -0.39 is 11.7 Å². The number of pyridine rings is 1. The third-order valence-corrected chi connectivity index (χ3v) is 4.64. The van der Waals surface area contributed by atoms with Gasteiger partial charge < -0.3 is 9.64 Å². The van der Waals surface area contributed by atoms with Gasteiger partial charge in [-0.25, -0.2) is 9.97 Å². The number of aromatic nitrogens is 2. The SMILES string of the molecule is Cc1nc(C)c(C(=O)N2CC(Oc3cc(C(F)(F)F)ccn3)C2)s1. The van der Waals surface area contributed by atoms with Crippen LogP contribution >= 0.6 is 11.3 Å². The minimum Gasteiger partial charge on any atom is -0.471 e. The van der Waals surface area contributed by atoms with Gasteiger partial charge in [0.2, 0.25) is 5.88 Å². The number of hydrogen-bond acceptors (Lipinski definition) is 5. The van der Waals surface area contributed by atoms with Crippen LogP contribution in [0, 0.1) is 13.8 Å². The first-order valence-electron chi connectivity index (χ1n) is 7.17. The number of amides is 1.